The third kappa shape index (κ3) is 3.65. The molecule has 3 fully saturated rings. The summed E-state index contributed by atoms with van der Waals surface area (Å²) >= 11 is 0. The number of aromatic nitrogens is 3. The van der Waals surface area contributed by atoms with E-state index in [1.54, 1.807) is 13.1 Å². The number of carbonyl (C=O) groups excluding carboxylic acids is 1. The van der Waals surface area contributed by atoms with Crippen molar-refractivity contribution in [2.45, 2.75) is 43.4 Å². The number of hydrogen-bond donors (Lipinski definition) is 2. The third-order valence-corrected chi connectivity index (χ3v) is 10.8. The molecule has 2 saturated heterocycles. The van der Waals surface area contributed by atoms with Crippen LogP contribution >= 0.6 is 0 Å². The molecule has 5 rings (SSSR count). The maximum atomic E-state index is 13.1. The third-order valence-electron chi connectivity index (χ3n) is 6.92. The largest absolute Gasteiger partial charge is 0.353 e. The molecule has 2 unspecified atom stereocenters. The molecular formula is C19H26N6O5S2. The lowest BCUT2D eigenvalue weighted by atomic mass is 9.99. The van der Waals surface area contributed by atoms with Crippen molar-refractivity contribution in [3.63, 3.8) is 0 Å². The summed E-state index contributed by atoms with van der Waals surface area (Å²) in [5.41, 5.74) is 0.159. The summed E-state index contributed by atoms with van der Waals surface area (Å²) in [6, 6.07) is 1.90. The van der Waals surface area contributed by atoms with Crippen molar-refractivity contribution in [3.8, 4) is 0 Å². The minimum absolute atomic E-state index is 0.0958. The Morgan fingerprint density at radius 2 is 2.06 bits per heavy atom. The molecule has 11 nitrogen and oxygen atoms in total. The van der Waals surface area contributed by atoms with Crippen molar-refractivity contribution >= 4 is 42.8 Å². The number of fused-ring (bicyclic) bond motifs is 1. The first-order valence-corrected chi connectivity index (χ1v) is 13.9. The molecule has 2 aromatic heterocycles. The lowest BCUT2D eigenvalue weighted by molar-refractivity contribution is -0.123. The average molecular weight is 483 g/mol. The number of amides is 1. The summed E-state index contributed by atoms with van der Waals surface area (Å²) in [5, 5.41) is 0.237. The summed E-state index contributed by atoms with van der Waals surface area (Å²) in [5.74, 6) is -0.569. The van der Waals surface area contributed by atoms with E-state index in [-0.39, 0.29) is 25.1 Å². The van der Waals surface area contributed by atoms with Gasteiger partial charge in [0.15, 0.2) is 9.84 Å². The standard InChI is InChI=1S/C19H26N6O5S2/c1-13-10-14(3-9-31(13,27)28)18(26)23-32(29,30)25-8-7-24(11-19(25)4-5-19)17-15-2-6-20-16(15)21-12-22-17/h2,6,12-14H,3-5,7-11H2,1H3,(H,23,26)(H,20,21,22). The van der Waals surface area contributed by atoms with E-state index in [0.29, 0.717) is 25.9 Å². The number of sulfone groups is 1. The van der Waals surface area contributed by atoms with Gasteiger partial charge >= 0.3 is 10.2 Å². The van der Waals surface area contributed by atoms with Gasteiger partial charge in [-0.05, 0) is 38.7 Å². The van der Waals surface area contributed by atoms with Gasteiger partial charge in [0.1, 0.15) is 17.8 Å². The van der Waals surface area contributed by atoms with Gasteiger partial charge in [-0.25, -0.2) is 23.1 Å². The Kier molecular flexibility index (Phi) is 4.98. The van der Waals surface area contributed by atoms with Crippen LogP contribution in [0.1, 0.15) is 32.6 Å². The molecule has 2 atom stereocenters. The van der Waals surface area contributed by atoms with Crippen LogP contribution in [0.5, 0.6) is 0 Å². The predicted octanol–water partition coefficient (Wildman–Crippen LogP) is 0.187. The molecule has 0 aromatic carbocycles. The maximum absolute atomic E-state index is 13.1. The lowest BCUT2D eigenvalue weighted by Crippen LogP contribution is -2.60. The van der Waals surface area contributed by atoms with E-state index in [1.807, 2.05) is 6.07 Å². The number of piperazine rings is 1. The Bertz CT molecular complexity index is 1270. The number of nitrogens with zero attached hydrogens (tertiary/aromatic N) is 4. The first-order chi connectivity index (χ1) is 15.1. The Balaban J connectivity index is 1.30. The minimum Gasteiger partial charge on any atom is -0.353 e. The van der Waals surface area contributed by atoms with Gasteiger partial charge in [0.2, 0.25) is 5.91 Å². The van der Waals surface area contributed by atoms with Crippen LogP contribution in [0.3, 0.4) is 0 Å². The van der Waals surface area contributed by atoms with Gasteiger partial charge in [0.25, 0.3) is 0 Å². The van der Waals surface area contributed by atoms with Crippen LogP contribution in [-0.4, -0.2) is 78.2 Å². The van der Waals surface area contributed by atoms with Crippen molar-refractivity contribution < 1.29 is 21.6 Å². The molecule has 3 aliphatic rings. The van der Waals surface area contributed by atoms with Gasteiger partial charge in [0.05, 0.1) is 21.9 Å². The van der Waals surface area contributed by atoms with Gasteiger partial charge in [-0.3, -0.25) is 4.79 Å². The molecule has 4 heterocycles. The number of nitrogens with one attached hydrogen (secondary N) is 2. The molecule has 0 bridgehead atoms. The summed E-state index contributed by atoms with van der Waals surface area (Å²) in [4.78, 5) is 26.5. The van der Waals surface area contributed by atoms with E-state index in [4.69, 9.17) is 0 Å². The summed E-state index contributed by atoms with van der Waals surface area (Å²) < 4.78 is 53.8. The van der Waals surface area contributed by atoms with Crippen LogP contribution in [0, 0.1) is 5.92 Å². The number of anilines is 1. The first-order valence-electron chi connectivity index (χ1n) is 10.7. The molecule has 1 saturated carbocycles. The minimum atomic E-state index is -4.04. The Hall–Kier alpha value is -2.25. The first kappa shape index (κ1) is 21.6. The van der Waals surface area contributed by atoms with Crippen molar-refractivity contribution in [1.29, 1.82) is 0 Å². The molecule has 1 spiro atoms. The van der Waals surface area contributed by atoms with Crippen LogP contribution in [-0.2, 0) is 24.8 Å². The van der Waals surface area contributed by atoms with Crippen LogP contribution in [0.15, 0.2) is 18.6 Å². The molecule has 2 aliphatic heterocycles. The number of carbonyl (C=O) groups is 1. The molecule has 174 valence electrons. The van der Waals surface area contributed by atoms with Crippen molar-refractivity contribution in [2.24, 2.45) is 5.92 Å². The number of rotatable bonds is 4. The van der Waals surface area contributed by atoms with E-state index in [2.05, 4.69) is 24.6 Å². The molecule has 2 aromatic rings. The van der Waals surface area contributed by atoms with Crippen molar-refractivity contribution in [2.75, 3.05) is 30.3 Å². The smallest absolute Gasteiger partial charge is 0.304 e. The van der Waals surface area contributed by atoms with Gasteiger partial charge in [-0.2, -0.15) is 12.7 Å². The second-order valence-corrected chi connectivity index (χ2v) is 13.2. The van der Waals surface area contributed by atoms with Gasteiger partial charge in [-0.1, -0.05) is 0 Å². The zero-order valence-corrected chi connectivity index (χ0v) is 19.3. The van der Waals surface area contributed by atoms with Gasteiger partial charge < -0.3 is 9.88 Å². The Labute approximate surface area is 186 Å². The molecular weight excluding hydrogens is 456 g/mol. The zero-order valence-electron chi connectivity index (χ0n) is 17.7. The van der Waals surface area contributed by atoms with Crippen LogP contribution in [0.25, 0.3) is 11.0 Å². The van der Waals surface area contributed by atoms with Crippen molar-refractivity contribution in [1.82, 2.24) is 24.0 Å². The second kappa shape index (κ2) is 7.39. The normalized spacial score (nSPS) is 27.5. The van der Waals surface area contributed by atoms with E-state index in [1.165, 1.54) is 10.6 Å². The highest BCUT2D eigenvalue weighted by Crippen LogP contribution is 2.46. The van der Waals surface area contributed by atoms with Crippen LogP contribution in [0.4, 0.5) is 5.82 Å². The highest BCUT2D eigenvalue weighted by atomic mass is 32.2. The summed E-state index contributed by atoms with van der Waals surface area (Å²) in [6.45, 7) is 2.72. The molecule has 2 N–H and O–H groups in total. The molecule has 32 heavy (non-hydrogen) atoms. The fourth-order valence-electron chi connectivity index (χ4n) is 4.86. The van der Waals surface area contributed by atoms with Crippen molar-refractivity contribution in [3.05, 3.63) is 18.6 Å². The van der Waals surface area contributed by atoms with E-state index in [0.717, 1.165) is 16.9 Å². The van der Waals surface area contributed by atoms with Crippen LogP contribution in [0.2, 0.25) is 0 Å². The van der Waals surface area contributed by atoms with E-state index < -0.39 is 42.7 Å². The van der Waals surface area contributed by atoms with E-state index >= 15 is 0 Å². The second-order valence-electron chi connectivity index (χ2n) is 9.03. The Morgan fingerprint density at radius 1 is 1.28 bits per heavy atom. The highest BCUT2D eigenvalue weighted by molar-refractivity contribution is 7.92. The van der Waals surface area contributed by atoms with E-state index in [9.17, 15) is 21.6 Å². The molecule has 0 radical (unpaired) electrons. The maximum Gasteiger partial charge on any atom is 0.304 e. The zero-order chi connectivity index (χ0) is 22.7. The number of aromatic amines is 1. The average Bonchev–Trinajstić information content (AvgIpc) is 3.30. The molecule has 1 amide bonds. The molecule has 1 aliphatic carbocycles. The van der Waals surface area contributed by atoms with Crippen LogP contribution < -0.4 is 9.62 Å². The fourth-order valence-corrected chi connectivity index (χ4v) is 8.00. The summed E-state index contributed by atoms with van der Waals surface area (Å²) in [7, 11) is -7.24. The number of hydrogen-bond acceptors (Lipinski definition) is 8. The topological polar surface area (TPSA) is 145 Å². The van der Waals surface area contributed by atoms with Gasteiger partial charge in [0, 0.05) is 31.7 Å². The predicted molar refractivity (Wildman–Crippen MR) is 118 cm³/mol. The Morgan fingerprint density at radius 3 is 2.78 bits per heavy atom. The molecule has 13 heteroatoms. The number of H-pyrrole nitrogens is 1. The quantitative estimate of drug-likeness (QED) is 0.628. The highest BCUT2D eigenvalue weighted by Gasteiger charge is 2.56. The lowest BCUT2D eigenvalue weighted by Gasteiger charge is -2.41. The summed E-state index contributed by atoms with van der Waals surface area (Å²) in [6.07, 6.45) is 4.99. The fraction of sp³-hybridized carbons (Fsp3) is 0.632. The monoisotopic (exact) mass is 482 g/mol. The SMILES string of the molecule is CC1CC(C(=O)NS(=O)(=O)N2CCN(c3ncnc4[nH]ccc34)CC23CC3)CCS1(=O)=O. The van der Waals surface area contributed by atoms with Gasteiger partial charge in [-0.15, -0.1) is 0 Å².